The molecule has 1 N–H and O–H groups in total. The molecule has 130 valence electrons. The zero-order valence-electron chi connectivity index (χ0n) is 13.9. The van der Waals surface area contributed by atoms with Crippen molar-refractivity contribution in [1.82, 2.24) is 14.5 Å². The van der Waals surface area contributed by atoms with E-state index in [1.807, 2.05) is 11.8 Å². The van der Waals surface area contributed by atoms with Crippen molar-refractivity contribution in [2.45, 2.75) is 57.6 Å². The summed E-state index contributed by atoms with van der Waals surface area (Å²) in [6.07, 6.45) is 6.14. The van der Waals surface area contributed by atoms with E-state index in [9.17, 15) is 9.90 Å². The van der Waals surface area contributed by atoms with Crippen LogP contribution in [0.5, 0.6) is 0 Å². The number of furan rings is 1. The number of nitrogens with zero attached hydrogens (tertiary/aromatic N) is 3. The molecule has 2 aromatic heterocycles. The van der Waals surface area contributed by atoms with Crippen LogP contribution in [0.15, 0.2) is 22.8 Å². The molecule has 6 nitrogen and oxygen atoms in total. The molecule has 0 unspecified atom stereocenters. The van der Waals surface area contributed by atoms with E-state index in [0.717, 1.165) is 37.9 Å². The summed E-state index contributed by atoms with van der Waals surface area (Å²) in [7, 11) is 0. The van der Waals surface area contributed by atoms with Gasteiger partial charge in [0.05, 0.1) is 12.0 Å². The third kappa shape index (κ3) is 3.67. The summed E-state index contributed by atoms with van der Waals surface area (Å²) < 4.78 is 9.24. The maximum Gasteiger partial charge on any atom is 0.267 e. The summed E-state index contributed by atoms with van der Waals surface area (Å²) in [6, 6.07) is 3.55. The van der Waals surface area contributed by atoms with E-state index in [4.69, 9.17) is 4.42 Å². The average Bonchev–Trinajstić information content (AvgIpc) is 3.23. The molecular formula is C17H23N3O3S. The Kier molecular flexibility index (Phi) is 5.63. The number of aromatic nitrogens is 2. The second-order valence-electron chi connectivity index (χ2n) is 6.17. The predicted octanol–water partition coefficient (Wildman–Crippen LogP) is 3.20. The van der Waals surface area contributed by atoms with Crippen molar-refractivity contribution < 1.29 is 14.3 Å². The molecule has 1 amide bonds. The SMILES string of the molecule is CCc1nnsc1C(=O)N1CCCCC[C@@H]1C[C@H](O)c1ccco1. The summed E-state index contributed by atoms with van der Waals surface area (Å²) in [5, 5.41) is 14.5. The van der Waals surface area contributed by atoms with Crippen LogP contribution in [-0.4, -0.2) is 38.1 Å². The standard InChI is InChI=1S/C17H23N3O3S/c1-2-13-16(24-19-18-13)17(22)20-9-5-3-4-7-12(20)11-14(21)15-8-6-10-23-15/h6,8,10,12,14,21H,2-5,7,9,11H2,1H3/t12-,14+/m1/s1. The number of hydrogen-bond acceptors (Lipinski definition) is 6. The molecule has 1 saturated heterocycles. The van der Waals surface area contributed by atoms with Crippen LogP contribution in [0, 0.1) is 0 Å². The highest BCUT2D eigenvalue weighted by Crippen LogP contribution is 2.28. The highest BCUT2D eigenvalue weighted by molar-refractivity contribution is 7.08. The summed E-state index contributed by atoms with van der Waals surface area (Å²) in [6.45, 7) is 2.70. The fraction of sp³-hybridized carbons (Fsp3) is 0.588. The molecule has 1 fully saturated rings. The molecule has 7 heteroatoms. The van der Waals surface area contributed by atoms with Gasteiger partial charge in [-0.05, 0) is 42.9 Å². The maximum atomic E-state index is 13.0. The number of aryl methyl sites for hydroxylation is 1. The van der Waals surface area contributed by atoms with Crippen molar-refractivity contribution in [2.24, 2.45) is 0 Å². The minimum atomic E-state index is -0.691. The Morgan fingerprint density at radius 2 is 2.38 bits per heavy atom. The van der Waals surface area contributed by atoms with Gasteiger partial charge in [0, 0.05) is 19.0 Å². The summed E-state index contributed by atoms with van der Waals surface area (Å²) in [5.41, 5.74) is 0.763. The monoisotopic (exact) mass is 349 g/mol. The molecular weight excluding hydrogens is 326 g/mol. The summed E-state index contributed by atoms with van der Waals surface area (Å²) in [5.74, 6) is 0.556. The van der Waals surface area contributed by atoms with Crippen molar-refractivity contribution in [3.8, 4) is 0 Å². The van der Waals surface area contributed by atoms with Crippen molar-refractivity contribution >= 4 is 17.4 Å². The number of amides is 1. The van der Waals surface area contributed by atoms with Crippen LogP contribution >= 0.6 is 11.5 Å². The number of hydrogen-bond donors (Lipinski definition) is 1. The Balaban J connectivity index is 1.78. The van der Waals surface area contributed by atoms with Crippen molar-refractivity contribution in [2.75, 3.05) is 6.54 Å². The summed E-state index contributed by atoms with van der Waals surface area (Å²) in [4.78, 5) is 15.6. The van der Waals surface area contributed by atoms with E-state index >= 15 is 0 Å². The molecule has 3 heterocycles. The van der Waals surface area contributed by atoms with Gasteiger partial charge in [-0.25, -0.2) is 0 Å². The molecule has 1 aliphatic heterocycles. The van der Waals surface area contributed by atoms with Crippen molar-refractivity contribution in [3.05, 3.63) is 34.7 Å². The molecule has 0 saturated carbocycles. The molecule has 0 bridgehead atoms. The molecule has 1 aliphatic rings. The van der Waals surface area contributed by atoms with E-state index < -0.39 is 6.10 Å². The van der Waals surface area contributed by atoms with Gasteiger partial charge in [0.2, 0.25) is 0 Å². The van der Waals surface area contributed by atoms with Crippen LogP contribution in [-0.2, 0) is 6.42 Å². The Morgan fingerprint density at radius 3 is 3.12 bits per heavy atom. The van der Waals surface area contributed by atoms with Crippen LogP contribution in [0.25, 0.3) is 0 Å². The van der Waals surface area contributed by atoms with Gasteiger partial charge in [0.25, 0.3) is 5.91 Å². The molecule has 0 radical (unpaired) electrons. The lowest BCUT2D eigenvalue weighted by molar-refractivity contribution is 0.0560. The van der Waals surface area contributed by atoms with E-state index in [1.54, 1.807) is 18.4 Å². The van der Waals surface area contributed by atoms with Crippen LogP contribution in [0.2, 0.25) is 0 Å². The molecule has 2 atom stereocenters. The van der Waals surface area contributed by atoms with Gasteiger partial charge in [0.1, 0.15) is 16.7 Å². The minimum absolute atomic E-state index is 0.000366. The Labute approximate surface area is 145 Å². The number of rotatable bonds is 5. The van der Waals surface area contributed by atoms with E-state index in [-0.39, 0.29) is 11.9 Å². The minimum Gasteiger partial charge on any atom is -0.467 e. The Hall–Kier alpha value is -1.73. The fourth-order valence-electron chi connectivity index (χ4n) is 3.28. The van der Waals surface area contributed by atoms with Gasteiger partial charge in [-0.1, -0.05) is 24.3 Å². The van der Waals surface area contributed by atoms with Gasteiger partial charge in [-0.15, -0.1) is 5.10 Å². The lowest BCUT2D eigenvalue weighted by Crippen LogP contribution is -2.41. The van der Waals surface area contributed by atoms with Crippen LogP contribution in [0.1, 0.15) is 66.3 Å². The first-order chi connectivity index (χ1) is 11.7. The van der Waals surface area contributed by atoms with E-state index in [2.05, 4.69) is 9.59 Å². The lowest BCUT2D eigenvalue weighted by Gasteiger charge is -2.31. The van der Waals surface area contributed by atoms with Crippen molar-refractivity contribution in [1.29, 1.82) is 0 Å². The van der Waals surface area contributed by atoms with Gasteiger partial charge >= 0.3 is 0 Å². The second-order valence-corrected chi connectivity index (χ2v) is 6.93. The third-order valence-electron chi connectivity index (χ3n) is 4.59. The topological polar surface area (TPSA) is 79.5 Å². The van der Waals surface area contributed by atoms with E-state index in [0.29, 0.717) is 23.5 Å². The fourth-order valence-corrected chi connectivity index (χ4v) is 3.98. The third-order valence-corrected chi connectivity index (χ3v) is 5.35. The van der Waals surface area contributed by atoms with Gasteiger partial charge < -0.3 is 14.4 Å². The van der Waals surface area contributed by atoms with Crippen LogP contribution in [0.3, 0.4) is 0 Å². The quantitative estimate of drug-likeness (QED) is 0.897. The maximum absolute atomic E-state index is 13.0. The first-order valence-corrected chi connectivity index (χ1v) is 9.31. The average molecular weight is 349 g/mol. The number of aliphatic hydroxyl groups excluding tert-OH is 1. The number of likely N-dealkylation sites (tertiary alicyclic amines) is 1. The smallest absolute Gasteiger partial charge is 0.267 e. The molecule has 0 aromatic carbocycles. The molecule has 24 heavy (non-hydrogen) atoms. The Bertz CT molecular complexity index is 656. The zero-order valence-corrected chi connectivity index (χ0v) is 14.7. The van der Waals surface area contributed by atoms with Crippen LogP contribution < -0.4 is 0 Å². The van der Waals surface area contributed by atoms with Crippen LogP contribution in [0.4, 0.5) is 0 Å². The first-order valence-electron chi connectivity index (χ1n) is 8.54. The zero-order chi connectivity index (χ0) is 16.9. The van der Waals surface area contributed by atoms with Gasteiger partial charge in [-0.3, -0.25) is 4.79 Å². The number of carbonyl (C=O) groups excluding carboxylic acids is 1. The Morgan fingerprint density at radius 1 is 1.50 bits per heavy atom. The van der Waals surface area contributed by atoms with Gasteiger partial charge in [-0.2, -0.15) is 0 Å². The number of aliphatic hydroxyl groups is 1. The molecule has 0 spiro atoms. The highest BCUT2D eigenvalue weighted by atomic mass is 32.1. The number of carbonyl (C=O) groups is 1. The second kappa shape index (κ2) is 7.90. The first kappa shape index (κ1) is 17.1. The van der Waals surface area contributed by atoms with Crippen molar-refractivity contribution in [3.63, 3.8) is 0 Å². The molecule has 3 rings (SSSR count). The van der Waals surface area contributed by atoms with Gasteiger partial charge in [0.15, 0.2) is 0 Å². The lowest BCUT2D eigenvalue weighted by atomic mass is 10.0. The highest BCUT2D eigenvalue weighted by Gasteiger charge is 2.31. The normalized spacial score (nSPS) is 19.9. The molecule has 2 aromatic rings. The largest absolute Gasteiger partial charge is 0.467 e. The van der Waals surface area contributed by atoms with E-state index in [1.165, 1.54) is 11.5 Å². The molecule has 0 aliphatic carbocycles. The predicted molar refractivity (Wildman–Crippen MR) is 90.9 cm³/mol. The summed E-state index contributed by atoms with van der Waals surface area (Å²) >= 11 is 1.17.